The van der Waals surface area contributed by atoms with Crippen molar-refractivity contribution in [2.24, 2.45) is 5.73 Å². The third kappa shape index (κ3) is 3.13. The van der Waals surface area contributed by atoms with E-state index >= 15 is 0 Å². The molecule has 2 atom stereocenters. The molecule has 0 radical (unpaired) electrons. The van der Waals surface area contributed by atoms with Gasteiger partial charge in [-0.15, -0.1) is 0 Å². The van der Waals surface area contributed by atoms with E-state index in [4.69, 9.17) is 5.73 Å². The number of fused-ring (bicyclic) bond motifs is 1. The topological polar surface area (TPSA) is 89.3 Å². The second-order valence-corrected chi connectivity index (χ2v) is 7.01. The summed E-state index contributed by atoms with van der Waals surface area (Å²) in [6, 6.07) is 6.89. The molecule has 3 N–H and O–H groups in total. The number of nitrogens with two attached hydrogens (primary N) is 1. The Kier molecular flexibility index (Phi) is 3.91. The molecule has 6 heteroatoms. The maximum absolute atomic E-state index is 12.0. The molecule has 1 aliphatic heterocycles. The highest BCUT2D eigenvalue weighted by molar-refractivity contribution is 7.91. The Balaban J connectivity index is 2.23. The Morgan fingerprint density at radius 1 is 1.47 bits per heavy atom. The predicted octanol–water partition coefficient (Wildman–Crippen LogP) is 0.759. The lowest BCUT2D eigenvalue weighted by Crippen LogP contribution is -2.37. The van der Waals surface area contributed by atoms with Crippen LogP contribution < -0.4 is 11.1 Å². The molecule has 104 valence electrons. The molecule has 0 aliphatic carbocycles. The van der Waals surface area contributed by atoms with Gasteiger partial charge in [0.15, 0.2) is 9.84 Å². The number of amides is 1. The summed E-state index contributed by atoms with van der Waals surface area (Å²) in [5, 5.41) is 3.28. The fourth-order valence-electron chi connectivity index (χ4n) is 2.47. The molecule has 19 heavy (non-hydrogen) atoms. The van der Waals surface area contributed by atoms with Crippen LogP contribution in [0.3, 0.4) is 0 Å². The van der Waals surface area contributed by atoms with E-state index in [-0.39, 0.29) is 30.2 Å². The number of hydrogen-bond donors (Lipinski definition) is 2. The van der Waals surface area contributed by atoms with Crippen molar-refractivity contribution < 1.29 is 13.2 Å². The second-order valence-electron chi connectivity index (χ2n) is 4.94. The van der Waals surface area contributed by atoms with Crippen molar-refractivity contribution in [3.63, 3.8) is 0 Å². The Bertz CT molecular complexity index is 583. The fraction of sp³-hybridized carbons (Fsp3) is 0.462. The van der Waals surface area contributed by atoms with Crippen molar-refractivity contribution in [2.45, 2.75) is 36.7 Å². The molecule has 1 heterocycles. The third-order valence-electron chi connectivity index (χ3n) is 3.30. The summed E-state index contributed by atoms with van der Waals surface area (Å²) < 4.78 is 24.0. The third-order valence-corrected chi connectivity index (χ3v) is 5.11. The monoisotopic (exact) mass is 282 g/mol. The number of sulfone groups is 1. The zero-order valence-corrected chi connectivity index (χ0v) is 11.6. The van der Waals surface area contributed by atoms with Gasteiger partial charge in [0.2, 0.25) is 5.91 Å². The molecule has 1 aliphatic rings. The summed E-state index contributed by atoms with van der Waals surface area (Å²) in [6.45, 7) is 1.87. The second kappa shape index (κ2) is 5.30. The van der Waals surface area contributed by atoms with Gasteiger partial charge in [-0.25, -0.2) is 8.42 Å². The number of rotatable bonds is 4. The van der Waals surface area contributed by atoms with Gasteiger partial charge in [-0.1, -0.05) is 18.2 Å². The Labute approximate surface area is 113 Å². The predicted molar refractivity (Wildman–Crippen MR) is 72.3 cm³/mol. The van der Waals surface area contributed by atoms with Crippen molar-refractivity contribution >= 4 is 15.7 Å². The van der Waals surface area contributed by atoms with E-state index in [1.165, 1.54) is 0 Å². The average Bonchev–Trinajstić information content (AvgIpc) is 2.32. The molecule has 0 fully saturated rings. The zero-order valence-electron chi connectivity index (χ0n) is 10.8. The van der Waals surface area contributed by atoms with Crippen molar-refractivity contribution in [2.75, 3.05) is 5.75 Å². The molecule has 2 rings (SSSR count). The normalized spacial score (nSPS) is 22.5. The van der Waals surface area contributed by atoms with Gasteiger partial charge >= 0.3 is 0 Å². The molecule has 1 aromatic carbocycles. The quantitative estimate of drug-likeness (QED) is 0.853. The zero-order chi connectivity index (χ0) is 14.0. The molecule has 0 bridgehead atoms. The highest BCUT2D eigenvalue weighted by Crippen LogP contribution is 2.32. The first-order valence-corrected chi connectivity index (χ1v) is 7.91. The Hall–Kier alpha value is -1.40. The van der Waals surface area contributed by atoms with E-state index in [0.717, 1.165) is 5.56 Å². The van der Waals surface area contributed by atoms with Crippen LogP contribution in [0.5, 0.6) is 0 Å². The van der Waals surface area contributed by atoms with Gasteiger partial charge in [0.1, 0.15) is 0 Å². The van der Waals surface area contributed by atoms with Crippen LogP contribution in [-0.2, 0) is 14.6 Å². The molecule has 1 amide bonds. The minimum atomic E-state index is -3.17. The van der Waals surface area contributed by atoms with Crippen LogP contribution in [0.2, 0.25) is 0 Å². The van der Waals surface area contributed by atoms with E-state index in [1.807, 2.05) is 19.1 Å². The summed E-state index contributed by atoms with van der Waals surface area (Å²) >= 11 is 0. The van der Waals surface area contributed by atoms with Gasteiger partial charge in [-0.05, 0) is 25.0 Å². The highest BCUT2D eigenvalue weighted by Gasteiger charge is 2.30. The first-order chi connectivity index (χ1) is 8.90. The molecule has 0 spiro atoms. The minimum absolute atomic E-state index is 0.0472. The molecular weight excluding hydrogens is 264 g/mol. The SMILES string of the molecule is CC(CC(N)=O)NC1CCS(=O)(=O)c2ccccc21. The summed E-state index contributed by atoms with van der Waals surface area (Å²) in [5.41, 5.74) is 5.94. The smallest absolute Gasteiger partial charge is 0.218 e. The van der Waals surface area contributed by atoms with Crippen molar-refractivity contribution in [1.29, 1.82) is 0 Å². The first-order valence-electron chi connectivity index (χ1n) is 6.26. The molecule has 5 nitrogen and oxygen atoms in total. The largest absolute Gasteiger partial charge is 0.370 e. The standard InChI is InChI=1S/C13H18N2O3S/c1-9(8-13(14)16)15-11-6-7-19(17,18)12-5-3-2-4-10(11)12/h2-5,9,11,15H,6-8H2,1H3,(H2,14,16). The maximum Gasteiger partial charge on any atom is 0.218 e. The first kappa shape index (κ1) is 14.0. The summed E-state index contributed by atoms with van der Waals surface area (Å²) in [5.74, 6) is -0.234. The van der Waals surface area contributed by atoms with E-state index in [0.29, 0.717) is 11.3 Å². The van der Waals surface area contributed by atoms with Gasteiger partial charge in [-0.2, -0.15) is 0 Å². The van der Waals surface area contributed by atoms with E-state index < -0.39 is 9.84 Å². The molecule has 0 aromatic heterocycles. The summed E-state index contributed by atoms with van der Waals surface area (Å²) in [6.07, 6.45) is 0.758. The number of nitrogens with one attached hydrogen (secondary N) is 1. The van der Waals surface area contributed by atoms with Crippen LogP contribution in [-0.4, -0.2) is 26.1 Å². The number of carbonyl (C=O) groups is 1. The number of benzene rings is 1. The number of primary amides is 1. The summed E-state index contributed by atoms with van der Waals surface area (Å²) in [7, 11) is -3.17. The number of hydrogen-bond acceptors (Lipinski definition) is 4. The molecular formula is C13H18N2O3S. The summed E-state index contributed by atoms with van der Waals surface area (Å²) in [4.78, 5) is 11.3. The van der Waals surface area contributed by atoms with Crippen molar-refractivity contribution in [3.8, 4) is 0 Å². The van der Waals surface area contributed by atoms with Gasteiger partial charge in [0.05, 0.1) is 10.6 Å². The lowest BCUT2D eigenvalue weighted by Gasteiger charge is -2.28. The van der Waals surface area contributed by atoms with Crippen LogP contribution >= 0.6 is 0 Å². The van der Waals surface area contributed by atoms with Crippen LogP contribution in [0.1, 0.15) is 31.4 Å². The minimum Gasteiger partial charge on any atom is -0.370 e. The van der Waals surface area contributed by atoms with E-state index in [1.54, 1.807) is 12.1 Å². The average molecular weight is 282 g/mol. The Morgan fingerprint density at radius 3 is 2.84 bits per heavy atom. The highest BCUT2D eigenvalue weighted by atomic mass is 32.2. The van der Waals surface area contributed by atoms with Crippen LogP contribution in [0, 0.1) is 0 Å². The van der Waals surface area contributed by atoms with Gasteiger partial charge in [0.25, 0.3) is 0 Å². The molecule has 0 saturated heterocycles. The Morgan fingerprint density at radius 2 is 2.16 bits per heavy atom. The van der Waals surface area contributed by atoms with Gasteiger partial charge < -0.3 is 11.1 Å². The van der Waals surface area contributed by atoms with Crippen molar-refractivity contribution in [1.82, 2.24) is 5.32 Å². The molecule has 2 unspecified atom stereocenters. The van der Waals surface area contributed by atoms with E-state index in [2.05, 4.69) is 5.32 Å². The molecule has 0 saturated carbocycles. The molecule has 1 aromatic rings. The van der Waals surface area contributed by atoms with Gasteiger partial charge in [0, 0.05) is 18.5 Å². The number of carbonyl (C=O) groups excluding carboxylic acids is 1. The van der Waals surface area contributed by atoms with Crippen LogP contribution in [0.4, 0.5) is 0 Å². The van der Waals surface area contributed by atoms with Crippen molar-refractivity contribution in [3.05, 3.63) is 29.8 Å². The van der Waals surface area contributed by atoms with Crippen LogP contribution in [0.25, 0.3) is 0 Å². The maximum atomic E-state index is 12.0. The lowest BCUT2D eigenvalue weighted by atomic mass is 10.0. The van der Waals surface area contributed by atoms with E-state index in [9.17, 15) is 13.2 Å². The lowest BCUT2D eigenvalue weighted by molar-refractivity contribution is -0.118. The fourth-order valence-corrected chi connectivity index (χ4v) is 4.09. The van der Waals surface area contributed by atoms with Crippen LogP contribution in [0.15, 0.2) is 29.2 Å². The van der Waals surface area contributed by atoms with Gasteiger partial charge in [-0.3, -0.25) is 4.79 Å².